The molecule has 0 bridgehead atoms. The Morgan fingerprint density at radius 3 is 2.81 bits per heavy atom. The van der Waals surface area contributed by atoms with Crippen LogP contribution in [-0.2, 0) is 18.4 Å². The highest BCUT2D eigenvalue weighted by molar-refractivity contribution is 5.96. The number of halogens is 1. The molecule has 0 atom stereocenters. The summed E-state index contributed by atoms with van der Waals surface area (Å²) in [6.07, 6.45) is 4.35. The number of carbonyl (C=O) groups excluding carboxylic acids is 2. The second-order valence-electron chi connectivity index (χ2n) is 6.75. The van der Waals surface area contributed by atoms with Crippen LogP contribution in [0.25, 0.3) is 0 Å². The predicted molar refractivity (Wildman–Crippen MR) is 99.6 cm³/mol. The number of aromatic nitrogens is 2. The van der Waals surface area contributed by atoms with Crippen molar-refractivity contribution in [3.8, 4) is 0 Å². The van der Waals surface area contributed by atoms with Crippen molar-refractivity contribution in [2.24, 2.45) is 7.05 Å². The number of imidazole rings is 1. The second kappa shape index (κ2) is 8.20. The Balaban J connectivity index is 1.55. The van der Waals surface area contributed by atoms with Crippen molar-refractivity contribution in [3.63, 3.8) is 0 Å². The lowest BCUT2D eigenvalue weighted by molar-refractivity contribution is -0.131. The molecule has 2 heterocycles. The van der Waals surface area contributed by atoms with E-state index in [1.165, 1.54) is 17.0 Å². The highest BCUT2D eigenvalue weighted by Crippen LogP contribution is 2.17. The van der Waals surface area contributed by atoms with Gasteiger partial charge in [-0.15, -0.1) is 0 Å². The number of urea groups is 1. The highest BCUT2D eigenvalue weighted by atomic mass is 19.1. The van der Waals surface area contributed by atoms with Crippen molar-refractivity contribution >= 4 is 17.6 Å². The van der Waals surface area contributed by atoms with Crippen molar-refractivity contribution < 1.29 is 14.0 Å². The fourth-order valence-electron chi connectivity index (χ4n) is 3.15. The minimum atomic E-state index is -0.286. The van der Waals surface area contributed by atoms with E-state index in [9.17, 15) is 14.0 Å². The van der Waals surface area contributed by atoms with Gasteiger partial charge in [-0.2, -0.15) is 0 Å². The standard InChI is InChI=1S/C19H24FN5O2/c1-22(16-6-3-5-15(20)11-16)8-4-9-25-18(26)7-10-24(19(25)27)13-17-12-21-14-23(17)2/h3,5-6,11-12,14H,4,7-10,13H2,1-2H3. The maximum atomic E-state index is 13.3. The monoisotopic (exact) mass is 373 g/mol. The van der Waals surface area contributed by atoms with E-state index in [1.54, 1.807) is 23.5 Å². The Labute approximate surface area is 158 Å². The van der Waals surface area contributed by atoms with Crippen molar-refractivity contribution in [1.82, 2.24) is 19.4 Å². The van der Waals surface area contributed by atoms with E-state index in [-0.39, 0.29) is 17.8 Å². The van der Waals surface area contributed by atoms with Gasteiger partial charge in [0.05, 0.1) is 18.6 Å². The molecule has 0 N–H and O–H groups in total. The topological polar surface area (TPSA) is 61.7 Å². The number of carbonyl (C=O) groups is 2. The molecule has 144 valence electrons. The van der Waals surface area contributed by atoms with E-state index in [4.69, 9.17) is 0 Å². The van der Waals surface area contributed by atoms with Crippen LogP contribution in [0.15, 0.2) is 36.8 Å². The molecule has 1 aromatic carbocycles. The van der Waals surface area contributed by atoms with Crippen molar-refractivity contribution in [3.05, 3.63) is 48.3 Å². The molecule has 7 nitrogen and oxygen atoms in total. The summed E-state index contributed by atoms with van der Waals surface area (Å²) in [5.41, 5.74) is 1.69. The molecule has 27 heavy (non-hydrogen) atoms. The molecule has 1 saturated heterocycles. The van der Waals surface area contributed by atoms with E-state index >= 15 is 0 Å². The van der Waals surface area contributed by atoms with Gasteiger partial charge >= 0.3 is 6.03 Å². The molecule has 1 fully saturated rings. The largest absolute Gasteiger partial charge is 0.374 e. The fraction of sp³-hybridized carbons (Fsp3) is 0.421. The van der Waals surface area contributed by atoms with Crippen molar-refractivity contribution in [1.29, 1.82) is 0 Å². The highest BCUT2D eigenvalue weighted by Gasteiger charge is 2.31. The van der Waals surface area contributed by atoms with Gasteiger partial charge in [0.15, 0.2) is 0 Å². The molecule has 0 spiro atoms. The van der Waals surface area contributed by atoms with Gasteiger partial charge in [-0.3, -0.25) is 9.69 Å². The summed E-state index contributed by atoms with van der Waals surface area (Å²) in [6, 6.07) is 6.10. The summed E-state index contributed by atoms with van der Waals surface area (Å²) >= 11 is 0. The Kier molecular flexibility index (Phi) is 5.73. The first-order valence-corrected chi connectivity index (χ1v) is 8.97. The van der Waals surface area contributed by atoms with Crippen LogP contribution < -0.4 is 4.90 Å². The zero-order valence-corrected chi connectivity index (χ0v) is 15.6. The number of amides is 3. The maximum absolute atomic E-state index is 13.3. The molecule has 1 aliphatic heterocycles. The van der Waals surface area contributed by atoms with Crippen LogP contribution in [0, 0.1) is 5.82 Å². The normalized spacial score (nSPS) is 14.8. The quantitative estimate of drug-likeness (QED) is 0.747. The third-order valence-corrected chi connectivity index (χ3v) is 4.79. The van der Waals surface area contributed by atoms with Crippen LogP contribution in [-0.4, -0.2) is 58.0 Å². The number of imide groups is 1. The molecule has 0 radical (unpaired) electrons. The van der Waals surface area contributed by atoms with Crippen LogP contribution in [0.5, 0.6) is 0 Å². The molecule has 0 aliphatic carbocycles. The lowest BCUT2D eigenvalue weighted by Gasteiger charge is -2.34. The summed E-state index contributed by atoms with van der Waals surface area (Å²) in [4.78, 5) is 33.9. The average molecular weight is 373 g/mol. The van der Waals surface area contributed by atoms with Crippen LogP contribution in [0.1, 0.15) is 18.5 Å². The molecule has 1 aromatic heterocycles. The lowest BCUT2D eigenvalue weighted by atomic mass is 10.2. The lowest BCUT2D eigenvalue weighted by Crippen LogP contribution is -2.52. The van der Waals surface area contributed by atoms with Crippen molar-refractivity contribution in [2.75, 3.05) is 31.6 Å². The number of nitrogens with zero attached hydrogens (tertiary/aromatic N) is 5. The number of anilines is 1. The summed E-state index contributed by atoms with van der Waals surface area (Å²) in [7, 11) is 3.74. The number of hydrogen-bond acceptors (Lipinski definition) is 4. The summed E-state index contributed by atoms with van der Waals surface area (Å²) < 4.78 is 15.2. The molecule has 8 heteroatoms. The molecular formula is C19H24FN5O2. The van der Waals surface area contributed by atoms with Gasteiger partial charge in [-0.1, -0.05) is 6.07 Å². The van der Waals surface area contributed by atoms with Crippen molar-refractivity contribution in [2.45, 2.75) is 19.4 Å². The number of benzene rings is 1. The molecular weight excluding hydrogens is 349 g/mol. The van der Waals surface area contributed by atoms with E-state index < -0.39 is 0 Å². The molecule has 3 rings (SSSR count). The first kappa shape index (κ1) is 18.9. The van der Waals surface area contributed by atoms with Gasteiger partial charge in [0.2, 0.25) is 5.91 Å². The Bertz CT molecular complexity index is 822. The first-order valence-electron chi connectivity index (χ1n) is 8.97. The Morgan fingerprint density at radius 1 is 1.30 bits per heavy atom. The molecule has 0 unspecified atom stereocenters. The predicted octanol–water partition coefficient (Wildman–Crippen LogP) is 2.24. The SMILES string of the molecule is CN(CCCN1C(=O)CCN(Cc2cncn2C)C1=O)c1cccc(F)c1. The second-order valence-corrected chi connectivity index (χ2v) is 6.75. The van der Waals surface area contributed by atoms with Crippen LogP contribution in [0.3, 0.4) is 0 Å². The fourth-order valence-corrected chi connectivity index (χ4v) is 3.15. The third kappa shape index (κ3) is 4.45. The maximum Gasteiger partial charge on any atom is 0.327 e. The zero-order chi connectivity index (χ0) is 19.4. The minimum absolute atomic E-state index is 0.144. The van der Waals surface area contributed by atoms with Gasteiger partial charge in [0.1, 0.15) is 5.82 Å². The first-order chi connectivity index (χ1) is 13.0. The molecule has 0 saturated carbocycles. The van der Waals surface area contributed by atoms with Gasteiger partial charge in [0.25, 0.3) is 0 Å². The number of hydrogen-bond donors (Lipinski definition) is 0. The van der Waals surface area contributed by atoms with Gasteiger partial charge in [-0.05, 0) is 24.6 Å². The molecule has 3 amide bonds. The van der Waals surface area contributed by atoms with E-state index in [1.807, 2.05) is 29.6 Å². The third-order valence-electron chi connectivity index (χ3n) is 4.79. The summed E-state index contributed by atoms with van der Waals surface area (Å²) in [6.45, 7) is 1.81. The Hall–Kier alpha value is -2.90. The van der Waals surface area contributed by atoms with E-state index in [0.29, 0.717) is 39.0 Å². The Morgan fingerprint density at radius 2 is 2.11 bits per heavy atom. The molecule has 1 aliphatic rings. The van der Waals surface area contributed by atoms with Gasteiger partial charge in [-0.25, -0.2) is 14.2 Å². The van der Waals surface area contributed by atoms with Gasteiger partial charge in [0, 0.05) is 52.0 Å². The number of rotatable bonds is 7. The van der Waals surface area contributed by atoms with E-state index in [2.05, 4.69) is 4.98 Å². The summed E-state index contributed by atoms with van der Waals surface area (Å²) in [5.74, 6) is -0.429. The van der Waals surface area contributed by atoms with Crippen LogP contribution >= 0.6 is 0 Å². The molecule has 2 aromatic rings. The summed E-state index contributed by atoms with van der Waals surface area (Å²) in [5, 5.41) is 0. The van der Waals surface area contributed by atoms with Crippen LogP contribution in [0.2, 0.25) is 0 Å². The zero-order valence-electron chi connectivity index (χ0n) is 15.6. The van der Waals surface area contributed by atoms with E-state index in [0.717, 1.165) is 11.4 Å². The average Bonchev–Trinajstić information content (AvgIpc) is 3.05. The smallest absolute Gasteiger partial charge is 0.327 e. The van der Waals surface area contributed by atoms with Crippen LogP contribution in [0.4, 0.5) is 14.9 Å². The minimum Gasteiger partial charge on any atom is -0.374 e. The van der Waals surface area contributed by atoms with Gasteiger partial charge < -0.3 is 14.4 Å². The number of aryl methyl sites for hydroxylation is 1.